The fourth-order valence-corrected chi connectivity index (χ4v) is 2.82. The number of hydrogen-bond donors (Lipinski definition) is 1. The Hall–Kier alpha value is -2.63. The second-order valence-corrected chi connectivity index (χ2v) is 7.01. The van der Waals surface area contributed by atoms with Crippen molar-refractivity contribution in [2.45, 2.75) is 6.61 Å². The first-order chi connectivity index (χ1) is 13.1. The third-order valence-corrected chi connectivity index (χ3v) is 4.43. The standard InChI is InChI=1S/C21H16BrClN2O2/c22-18-8-11-20(27-14-15-4-2-1-3-5-15)17(12-18)13-24-25-21(26)16-6-9-19(23)10-7-16/h1-13H,14H2,(H,25,26). The van der Waals surface area contributed by atoms with Gasteiger partial charge in [0.1, 0.15) is 12.4 Å². The molecule has 3 aromatic rings. The zero-order valence-electron chi connectivity index (χ0n) is 14.2. The van der Waals surface area contributed by atoms with Gasteiger partial charge in [-0.05, 0) is 48.0 Å². The molecule has 0 saturated heterocycles. The molecule has 0 fully saturated rings. The van der Waals surface area contributed by atoms with Crippen molar-refractivity contribution in [2.75, 3.05) is 0 Å². The quantitative estimate of drug-likeness (QED) is 0.407. The van der Waals surface area contributed by atoms with Gasteiger partial charge in [0.05, 0.1) is 6.21 Å². The van der Waals surface area contributed by atoms with Crippen LogP contribution in [-0.4, -0.2) is 12.1 Å². The summed E-state index contributed by atoms with van der Waals surface area (Å²) in [4.78, 5) is 12.1. The smallest absolute Gasteiger partial charge is 0.271 e. The Morgan fingerprint density at radius 1 is 1.07 bits per heavy atom. The van der Waals surface area contributed by atoms with Gasteiger partial charge in [-0.3, -0.25) is 4.79 Å². The van der Waals surface area contributed by atoms with Crippen LogP contribution in [0, 0.1) is 0 Å². The van der Waals surface area contributed by atoms with Crippen LogP contribution in [0.1, 0.15) is 21.5 Å². The molecule has 3 aromatic carbocycles. The Kier molecular flexibility index (Phi) is 6.63. The number of rotatable bonds is 6. The van der Waals surface area contributed by atoms with E-state index in [4.69, 9.17) is 16.3 Å². The van der Waals surface area contributed by atoms with Crippen LogP contribution in [0.5, 0.6) is 5.75 Å². The third-order valence-electron chi connectivity index (χ3n) is 3.69. The SMILES string of the molecule is O=C(NN=Cc1cc(Br)ccc1OCc1ccccc1)c1ccc(Cl)cc1. The zero-order valence-corrected chi connectivity index (χ0v) is 16.6. The topological polar surface area (TPSA) is 50.7 Å². The van der Waals surface area contributed by atoms with Crippen LogP contribution in [-0.2, 0) is 6.61 Å². The van der Waals surface area contributed by atoms with Crippen molar-refractivity contribution in [3.8, 4) is 5.75 Å². The summed E-state index contributed by atoms with van der Waals surface area (Å²) in [6.45, 7) is 0.445. The predicted molar refractivity (Wildman–Crippen MR) is 111 cm³/mol. The minimum absolute atomic E-state index is 0.315. The summed E-state index contributed by atoms with van der Waals surface area (Å²) in [5.74, 6) is 0.358. The van der Waals surface area contributed by atoms with E-state index in [0.29, 0.717) is 22.9 Å². The lowest BCUT2D eigenvalue weighted by atomic mass is 10.2. The highest BCUT2D eigenvalue weighted by atomic mass is 79.9. The molecular formula is C21H16BrClN2O2. The van der Waals surface area contributed by atoms with E-state index in [-0.39, 0.29) is 5.91 Å². The van der Waals surface area contributed by atoms with Gasteiger partial charge >= 0.3 is 0 Å². The Morgan fingerprint density at radius 3 is 2.56 bits per heavy atom. The van der Waals surface area contributed by atoms with Crippen LogP contribution in [0.3, 0.4) is 0 Å². The number of carbonyl (C=O) groups excluding carboxylic acids is 1. The highest BCUT2D eigenvalue weighted by molar-refractivity contribution is 9.10. The molecule has 0 unspecified atom stereocenters. The Balaban J connectivity index is 1.68. The van der Waals surface area contributed by atoms with Gasteiger partial charge in [0, 0.05) is 20.6 Å². The minimum Gasteiger partial charge on any atom is -0.488 e. The lowest BCUT2D eigenvalue weighted by Gasteiger charge is -2.09. The van der Waals surface area contributed by atoms with E-state index >= 15 is 0 Å². The van der Waals surface area contributed by atoms with E-state index < -0.39 is 0 Å². The molecule has 0 saturated carbocycles. The van der Waals surface area contributed by atoms with Crippen LogP contribution < -0.4 is 10.2 Å². The molecule has 0 atom stereocenters. The van der Waals surface area contributed by atoms with Crippen LogP contribution in [0.2, 0.25) is 5.02 Å². The number of ether oxygens (including phenoxy) is 1. The number of carbonyl (C=O) groups is 1. The predicted octanol–water partition coefficient (Wildman–Crippen LogP) is 5.45. The van der Waals surface area contributed by atoms with Crippen molar-refractivity contribution in [2.24, 2.45) is 5.10 Å². The molecule has 0 aliphatic carbocycles. The first-order valence-corrected chi connectivity index (χ1v) is 9.34. The summed E-state index contributed by atoms with van der Waals surface area (Å²) in [6, 6.07) is 22.1. The molecule has 3 rings (SSSR count). The average Bonchev–Trinajstić information content (AvgIpc) is 2.68. The van der Waals surface area contributed by atoms with E-state index in [0.717, 1.165) is 15.6 Å². The minimum atomic E-state index is -0.315. The molecule has 6 heteroatoms. The fraction of sp³-hybridized carbons (Fsp3) is 0.0476. The van der Waals surface area contributed by atoms with Gasteiger partial charge < -0.3 is 4.74 Å². The van der Waals surface area contributed by atoms with Gasteiger partial charge in [0.2, 0.25) is 0 Å². The summed E-state index contributed by atoms with van der Waals surface area (Å²) >= 11 is 9.27. The maximum Gasteiger partial charge on any atom is 0.271 e. The summed E-state index contributed by atoms with van der Waals surface area (Å²) in [5, 5.41) is 4.61. The molecule has 4 nitrogen and oxygen atoms in total. The molecule has 0 aliphatic heterocycles. The largest absolute Gasteiger partial charge is 0.488 e. The van der Waals surface area contributed by atoms with E-state index in [2.05, 4.69) is 26.5 Å². The second-order valence-electron chi connectivity index (χ2n) is 5.66. The van der Waals surface area contributed by atoms with Crippen molar-refractivity contribution < 1.29 is 9.53 Å². The number of amides is 1. The molecule has 0 heterocycles. The van der Waals surface area contributed by atoms with Gasteiger partial charge in [-0.1, -0.05) is 57.9 Å². The van der Waals surface area contributed by atoms with E-state index in [1.54, 1.807) is 30.5 Å². The van der Waals surface area contributed by atoms with Crippen LogP contribution in [0.25, 0.3) is 0 Å². The second kappa shape index (κ2) is 9.35. The Labute approximate surface area is 171 Å². The molecule has 136 valence electrons. The molecule has 0 spiro atoms. The van der Waals surface area contributed by atoms with E-state index in [1.165, 1.54) is 0 Å². The first-order valence-electron chi connectivity index (χ1n) is 8.17. The van der Waals surface area contributed by atoms with Crippen molar-refractivity contribution in [3.63, 3.8) is 0 Å². The van der Waals surface area contributed by atoms with E-state index in [1.807, 2.05) is 48.5 Å². The van der Waals surface area contributed by atoms with Crippen molar-refractivity contribution in [1.29, 1.82) is 0 Å². The summed E-state index contributed by atoms with van der Waals surface area (Å²) in [6.07, 6.45) is 1.55. The van der Waals surface area contributed by atoms with Crippen molar-refractivity contribution in [3.05, 3.63) is 99.0 Å². The van der Waals surface area contributed by atoms with Gasteiger partial charge in [-0.15, -0.1) is 0 Å². The Bertz CT molecular complexity index is 944. The maximum atomic E-state index is 12.1. The summed E-state index contributed by atoms with van der Waals surface area (Å²) in [5.41, 5.74) is 4.80. The number of benzene rings is 3. The number of nitrogens with one attached hydrogen (secondary N) is 1. The van der Waals surface area contributed by atoms with Crippen molar-refractivity contribution in [1.82, 2.24) is 5.43 Å². The van der Waals surface area contributed by atoms with Gasteiger partial charge in [-0.25, -0.2) is 5.43 Å². The highest BCUT2D eigenvalue weighted by Crippen LogP contribution is 2.23. The number of halogens is 2. The van der Waals surface area contributed by atoms with Crippen LogP contribution >= 0.6 is 27.5 Å². The highest BCUT2D eigenvalue weighted by Gasteiger charge is 2.06. The average molecular weight is 444 g/mol. The van der Waals surface area contributed by atoms with Crippen LogP contribution in [0.15, 0.2) is 82.4 Å². The van der Waals surface area contributed by atoms with Crippen molar-refractivity contribution >= 4 is 39.7 Å². The molecule has 1 amide bonds. The third kappa shape index (κ3) is 5.67. The maximum absolute atomic E-state index is 12.1. The normalized spacial score (nSPS) is 10.7. The lowest BCUT2D eigenvalue weighted by molar-refractivity contribution is 0.0955. The molecule has 0 bridgehead atoms. The monoisotopic (exact) mass is 442 g/mol. The molecular weight excluding hydrogens is 428 g/mol. The molecule has 1 N–H and O–H groups in total. The number of hydrogen-bond acceptors (Lipinski definition) is 3. The van der Waals surface area contributed by atoms with E-state index in [9.17, 15) is 4.79 Å². The molecule has 27 heavy (non-hydrogen) atoms. The first kappa shape index (κ1) is 19.1. The van der Waals surface area contributed by atoms with Crippen LogP contribution in [0.4, 0.5) is 0 Å². The Morgan fingerprint density at radius 2 is 1.81 bits per heavy atom. The molecule has 0 aromatic heterocycles. The summed E-state index contributed by atoms with van der Waals surface area (Å²) < 4.78 is 6.78. The zero-order chi connectivity index (χ0) is 19.1. The van der Waals surface area contributed by atoms with Gasteiger partial charge in [-0.2, -0.15) is 5.10 Å². The fourth-order valence-electron chi connectivity index (χ4n) is 2.31. The molecule has 0 aliphatic rings. The lowest BCUT2D eigenvalue weighted by Crippen LogP contribution is -2.17. The summed E-state index contributed by atoms with van der Waals surface area (Å²) in [7, 11) is 0. The van der Waals surface area contributed by atoms with Gasteiger partial charge in [0.25, 0.3) is 5.91 Å². The molecule has 0 radical (unpaired) electrons. The number of hydrazone groups is 1. The number of nitrogens with zero attached hydrogens (tertiary/aromatic N) is 1. The van der Waals surface area contributed by atoms with Gasteiger partial charge in [0.15, 0.2) is 0 Å².